The van der Waals surface area contributed by atoms with E-state index < -0.39 is 5.97 Å². The molecule has 1 fully saturated rings. The minimum atomic E-state index is -0.708. The van der Waals surface area contributed by atoms with Gasteiger partial charge in [-0.15, -0.1) is 0 Å². The lowest BCUT2D eigenvalue weighted by Gasteiger charge is -2.19. The number of aliphatic carboxylic acids is 1. The first-order chi connectivity index (χ1) is 6.91. The van der Waals surface area contributed by atoms with Crippen molar-refractivity contribution >= 4 is 5.97 Å². The molecule has 3 atom stereocenters. The minimum Gasteiger partial charge on any atom is -0.481 e. The molecule has 0 amide bonds. The zero-order valence-corrected chi connectivity index (χ0v) is 10.1. The van der Waals surface area contributed by atoms with Crippen LogP contribution in [0.2, 0.25) is 0 Å². The van der Waals surface area contributed by atoms with Crippen LogP contribution < -0.4 is 0 Å². The molecule has 0 aromatic heterocycles. The molecule has 88 valence electrons. The van der Waals surface area contributed by atoms with Gasteiger partial charge in [0.1, 0.15) is 0 Å². The van der Waals surface area contributed by atoms with Gasteiger partial charge in [0.15, 0.2) is 0 Å². The number of rotatable bonds is 4. The third-order valence-electron chi connectivity index (χ3n) is 2.97. The molecule has 1 heterocycles. The van der Waals surface area contributed by atoms with Crippen LogP contribution in [0.4, 0.5) is 0 Å². The average molecular weight is 214 g/mol. The van der Waals surface area contributed by atoms with Crippen LogP contribution in [0.15, 0.2) is 0 Å². The van der Waals surface area contributed by atoms with E-state index in [1.165, 1.54) is 0 Å². The molecule has 1 N–H and O–H groups in total. The second-order valence-corrected chi connectivity index (χ2v) is 5.28. The molecule has 1 aliphatic rings. The Hall–Kier alpha value is -0.570. The summed E-state index contributed by atoms with van der Waals surface area (Å²) < 4.78 is 5.83. The van der Waals surface area contributed by atoms with Crippen molar-refractivity contribution in [2.45, 2.75) is 52.7 Å². The zero-order chi connectivity index (χ0) is 11.6. The highest BCUT2D eigenvalue weighted by atomic mass is 16.5. The van der Waals surface area contributed by atoms with Crippen LogP contribution in [-0.4, -0.2) is 23.3 Å². The van der Waals surface area contributed by atoms with Gasteiger partial charge < -0.3 is 9.84 Å². The fourth-order valence-corrected chi connectivity index (χ4v) is 2.33. The predicted molar refractivity (Wildman–Crippen MR) is 58.7 cm³/mol. The average Bonchev–Trinajstić information content (AvgIpc) is 2.46. The molecule has 0 spiro atoms. The first-order valence-electron chi connectivity index (χ1n) is 5.80. The number of carboxylic acids is 1. The molecule has 0 aliphatic carbocycles. The Morgan fingerprint density at radius 3 is 2.33 bits per heavy atom. The Labute approximate surface area is 91.8 Å². The van der Waals surface area contributed by atoms with Crippen molar-refractivity contribution in [1.29, 1.82) is 0 Å². The Kier molecular flexibility index (Phi) is 4.14. The summed E-state index contributed by atoms with van der Waals surface area (Å²) in [5, 5.41) is 9.10. The molecule has 1 rings (SSSR count). The molecule has 1 saturated heterocycles. The molecular formula is C12H22O3. The van der Waals surface area contributed by atoms with Gasteiger partial charge in [0, 0.05) is 0 Å². The van der Waals surface area contributed by atoms with E-state index in [9.17, 15) is 4.79 Å². The van der Waals surface area contributed by atoms with Gasteiger partial charge >= 0.3 is 5.97 Å². The standard InChI is InChI=1S/C12H22O3/c1-7(2)5-9-6-10(12(13)14)11(15-9)8(3)4/h7-11H,5-6H2,1-4H3,(H,13,14). The predicted octanol–water partition coefficient (Wildman–Crippen LogP) is 2.55. The van der Waals surface area contributed by atoms with Crippen molar-refractivity contribution in [3.05, 3.63) is 0 Å². The Morgan fingerprint density at radius 1 is 1.40 bits per heavy atom. The summed E-state index contributed by atoms with van der Waals surface area (Å²) in [6.45, 7) is 8.33. The number of ether oxygens (including phenoxy) is 1. The normalized spacial score (nSPS) is 31.5. The third kappa shape index (κ3) is 3.20. The lowest BCUT2D eigenvalue weighted by Crippen LogP contribution is -2.28. The fraction of sp³-hybridized carbons (Fsp3) is 0.917. The quantitative estimate of drug-likeness (QED) is 0.782. The summed E-state index contributed by atoms with van der Waals surface area (Å²) in [6, 6.07) is 0. The maximum atomic E-state index is 11.1. The number of carboxylic acid groups (broad SMARTS) is 1. The van der Waals surface area contributed by atoms with Gasteiger partial charge in [-0.1, -0.05) is 27.7 Å². The maximum absolute atomic E-state index is 11.1. The van der Waals surface area contributed by atoms with E-state index in [-0.39, 0.29) is 24.0 Å². The Bertz CT molecular complexity index is 223. The van der Waals surface area contributed by atoms with E-state index >= 15 is 0 Å². The fourth-order valence-electron chi connectivity index (χ4n) is 2.33. The molecule has 0 bridgehead atoms. The molecule has 0 radical (unpaired) electrons. The van der Waals surface area contributed by atoms with Gasteiger partial charge in [-0.3, -0.25) is 4.79 Å². The SMILES string of the molecule is CC(C)CC1CC(C(=O)O)C(C(C)C)O1. The molecule has 3 nitrogen and oxygen atoms in total. The van der Waals surface area contributed by atoms with Gasteiger partial charge in [-0.2, -0.15) is 0 Å². The van der Waals surface area contributed by atoms with Crippen LogP contribution in [0.5, 0.6) is 0 Å². The van der Waals surface area contributed by atoms with Crippen LogP contribution >= 0.6 is 0 Å². The summed E-state index contributed by atoms with van der Waals surface area (Å²) >= 11 is 0. The topological polar surface area (TPSA) is 46.5 Å². The smallest absolute Gasteiger partial charge is 0.309 e. The molecule has 3 heteroatoms. The van der Waals surface area contributed by atoms with Gasteiger partial charge in [-0.05, 0) is 24.7 Å². The monoisotopic (exact) mass is 214 g/mol. The second-order valence-electron chi connectivity index (χ2n) is 5.28. The lowest BCUT2D eigenvalue weighted by atomic mass is 9.91. The van der Waals surface area contributed by atoms with E-state index in [0.717, 1.165) is 6.42 Å². The van der Waals surface area contributed by atoms with Crippen LogP contribution in [-0.2, 0) is 9.53 Å². The highest BCUT2D eigenvalue weighted by Crippen LogP contribution is 2.34. The van der Waals surface area contributed by atoms with E-state index in [1.807, 2.05) is 13.8 Å². The molecule has 0 aromatic rings. The van der Waals surface area contributed by atoms with Crippen molar-refractivity contribution in [3.8, 4) is 0 Å². The van der Waals surface area contributed by atoms with Crippen molar-refractivity contribution in [3.63, 3.8) is 0 Å². The third-order valence-corrected chi connectivity index (χ3v) is 2.97. The van der Waals surface area contributed by atoms with Crippen LogP contribution in [0, 0.1) is 17.8 Å². The number of hydrogen-bond donors (Lipinski definition) is 1. The van der Waals surface area contributed by atoms with Crippen LogP contribution in [0.25, 0.3) is 0 Å². The van der Waals surface area contributed by atoms with E-state index in [2.05, 4.69) is 13.8 Å². The maximum Gasteiger partial charge on any atom is 0.309 e. The van der Waals surface area contributed by atoms with Gasteiger partial charge in [0.2, 0.25) is 0 Å². The second kappa shape index (κ2) is 4.97. The Balaban J connectivity index is 2.61. The zero-order valence-electron chi connectivity index (χ0n) is 10.1. The highest BCUT2D eigenvalue weighted by Gasteiger charge is 2.41. The van der Waals surface area contributed by atoms with Gasteiger partial charge in [0.05, 0.1) is 18.1 Å². The molecular weight excluding hydrogens is 192 g/mol. The first kappa shape index (κ1) is 12.5. The summed E-state index contributed by atoms with van der Waals surface area (Å²) in [5.41, 5.74) is 0. The molecule has 0 saturated carbocycles. The molecule has 15 heavy (non-hydrogen) atoms. The van der Waals surface area contributed by atoms with E-state index in [1.54, 1.807) is 0 Å². The van der Waals surface area contributed by atoms with Gasteiger partial charge in [-0.25, -0.2) is 0 Å². The van der Waals surface area contributed by atoms with Crippen molar-refractivity contribution in [2.24, 2.45) is 17.8 Å². The molecule has 3 unspecified atom stereocenters. The van der Waals surface area contributed by atoms with Crippen molar-refractivity contribution < 1.29 is 14.6 Å². The van der Waals surface area contributed by atoms with Gasteiger partial charge in [0.25, 0.3) is 0 Å². The van der Waals surface area contributed by atoms with Crippen LogP contribution in [0.1, 0.15) is 40.5 Å². The van der Waals surface area contributed by atoms with Crippen molar-refractivity contribution in [2.75, 3.05) is 0 Å². The Morgan fingerprint density at radius 2 is 2.00 bits per heavy atom. The van der Waals surface area contributed by atoms with E-state index in [4.69, 9.17) is 9.84 Å². The number of hydrogen-bond acceptors (Lipinski definition) is 2. The van der Waals surface area contributed by atoms with Crippen molar-refractivity contribution in [1.82, 2.24) is 0 Å². The molecule has 1 aliphatic heterocycles. The van der Waals surface area contributed by atoms with E-state index in [0.29, 0.717) is 12.3 Å². The highest BCUT2D eigenvalue weighted by molar-refractivity contribution is 5.71. The number of carbonyl (C=O) groups is 1. The minimum absolute atomic E-state index is 0.105. The summed E-state index contributed by atoms with van der Waals surface area (Å²) in [4.78, 5) is 11.1. The summed E-state index contributed by atoms with van der Waals surface area (Å²) in [6.07, 6.45) is 1.67. The molecule has 0 aromatic carbocycles. The summed E-state index contributed by atoms with van der Waals surface area (Å²) in [7, 11) is 0. The largest absolute Gasteiger partial charge is 0.481 e. The first-order valence-corrected chi connectivity index (χ1v) is 5.80. The van der Waals surface area contributed by atoms with Crippen LogP contribution in [0.3, 0.4) is 0 Å². The lowest BCUT2D eigenvalue weighted by molar-refractivity contribution is -0.144. The summed E-state index contributed by atoms with van der Waals surface area (Å²) in [5.74, 6) is -0.174.